The van der Waals surface area contributed by atoms with Gasteiger partial charge in [-0.25, -0.2) is 0 Å². The van der Waals surface area contributed by atoms with E-state index in [2.05, 4.69) is 22.4 Å². The second kappa shape index (κ2) is 3.89. The lowest BCUT2D eigenvalue weighted by molar-refractivity contribution is 0.123. The highest BCUT2D eigenvalue weighted by atomic mass is 32.1. The Labute approximate surface area is 94.5 Å². The molecule has 2 fully saturated rings. The molecule has 1 N–H and O–H groups in total. The van der Waals surface area contributed by atoms with Gasteiger partial charge >= 0.3 is 0 Å². The van der Waals surface area contributed by atoms with Gasteiger partial charge in [-0.3, -0.25) is 4.90 Å². The summed E-state index contributed by atoms with van der Waals surface area (Å²) in [4.78, 5) is 3.95. The molecule has 2 nitrogen and oxygen atoms in total. The van der Waals surface area contributed by atoms with E-state index in [-0.39, 0.29) is 6.10 Å². The minimum atomic E-state index is -0.0247. The lowest BCUT2D eigenvalue weighted by Gasteiger charge is -2.16. The fourth-order valence-corrected chi connectivity index (χ4v) is 3.83. The normalized spacial score (nSPS) is 35.9. The van der Waals surface area contributed by atoms with E-state index in [9.17, 15) is 5.11 Å². The summed E-state index contributed by atoms with van der Waals surface area (Å²) in [6.45, 7) is 3.38. The van der Waals surface area contributed by atoms with Gasteiger partial charge in [0, 0.05) is 30.4 Å². The van der Waals surface area contributed by atoms with E-state index >= 15 is 0 Å². The van der Waals surface area contributed by atoms with Crippen molar-refractivity contribution in [3.8, 4) is 0 Å². The summed E-state index contributed by atoms with van der Waals surface area (Å²) in [5.74, 6) is 1.32. The Morgan fingerprint density at radius 2 is 2.33 bits per heavy atom. The molecule has 1 aromatic heterocycles. The molecular formula is C12H17NOS. The first-order valence-corrected chi connectivity index (χ1v) is 6.63. The van der Waals surface area contributed by atoms with Crippen molar-refractivity contribution in [2.75, 3.05) is 13.1 Å². The number of hydrogen-bond donors (Lipinski definition) is 1. The Balaban J connectivity index is 1.62. The summed E-state index contributed by atoms with van der Waals surface area (Å²) in [7, 11) is 0. The quantitative estimate of drug-likeness (QED) is 0.828. The summed E-state index contributed by atoms with van der Waals surface area (Å²) in [5.41, 5.74) is 0. The Kier molecular flexibility index (Phi) is 2.54. The molecule has 3 rings (SSSR count). The van der Waals surface area contributed by atoms with Gasteiger partial charge < -0.3 is 5.11 Å². The van der Waals surface area contributed by atoms with Gasteiger partial charge in [-0.05, 0) is 30.2 Å². The molecule has 1 saturated heterocycles. The van der Waals surface area contributed by atoms with Crippen molar-refractivity contribution in [1.82, 2.24) is 4.90 Å². The van der Waals surface area contributed by atoms with Gasteiger partial charge in [0.2, 0.25) is 0 Å². The largest absolute Gasteiger partial charge is 0.393 e. The van der Waals surface area contributed by atoms with Crippen molar-refractivity contribution in [2.24, 2.45) is 11.8 Å². The molecule has 1 aliphatic carbocycles. The van der Waals surface area contributed by atoms with E-state index in [0.717, 1.165) is 25.4 Å². The number of hydrogen-bond acceptors (Lipinski definition) is 3. The molecule has 2 heterocycles. The van der Waals surface area contributed by atoms with Crippen LogP contribution in [-0.4, -0.2) is 29.2 Å². The Morgan fingerprint density at radius 1 is 1.40 bits per heavy atom. The molecule has 0 bridgehead atoms. The van der Waals surface area contributed by atoms with E-state index in [4.69, 9.17) is 0 Å². The first kappa shape index (κ1) is 9.82. The number of fused-ring (bicyclic) bond motifs is 1. The molecule has 1 saturated carbocycles. The summed E-state index contributed by atoms with van der Waals surface area (Å²) in [6, 6.07) is 4.32. The predicted molar refractivity (Wildman–Crippen MR) is 61.8 cm³/mol. The topological polar surface area (TPSA) is 23.5 Å². The number of thiophene rings is 1. The number of likely N-dealkylation sites (tertiary alicyclic amines) is 1. The summed E-state index contributed by atoms with van der Waals surface area (Å²) in [6.07, 6.45) is 2.23. The molecule has 0 amide bonds. The molecule has 1 aliphatic heterocycles. The van der Waals surface area contributed by atoms with Crippen LogP contribution in [0.15, 0.2) is 17.5 Å². The van der Waals surface area contributed by atoms with Crippen molar-refractivity contribution in [1.29, 1.82) is 0 Å². The van der Waals surface area contributed by atoms with Crippen molar-refractivity contribution in [3.63, 3.8) is 0 Å². The van der Waals surface area contributed by atoms with Crippen LogP contribution < -0.4 is 0 Å². The Bertz CT molecular complexity index is 324. The van der Waals surface area contributed by atoms with E-state index in [0.29, 0.717) is 5.92 Å². The van der Waals surface area contributed by atoms with Gasteiger partial charge in [0.1, 0.15) is 0 Å². The third-order valence-corrected chi connectivity index (χ3v) is 4.72. The fourth-order valence-electron chi connectivity index (χ4n) is 3.08. The minimum Gasteiger partial charge on any atom is -0.393 e. The maximum absolute atomic E-state index is 9.82. The van der Waals surface area contributed by atoms with Crippen LogP contribution in [0.1, 0.15) is 17.7 Å². The average Bonchev–Trinajstić information content (AvgIpc) is 2.88. The van der Waals surface area contributed by atoms with Crippen LogP contribution in [0.4, 0.5) is 0 Å². The minimum absolute atomic E-state index is 0.0247. The van der Waals surface area contributed by atoms with Crippen LogP contribution in [0.2, 0.25) is 0 Å². The number of rotatable bonds is 2. The molecule has 3 heteroatoms. The van der Waals surface area contributed by atoms with E-state index in [1.165, 1.54) is 17.8 Å². The van der Waals surface area contributed by atoms with Crippen LogP contribution in [-0.2, 0) is 6.54 Å². The van der Waals surface area contributed by atoms with Crippen molar-refractivity contribution in [2.45, 2.75) is 25.5 Å². The van der Waals surface area contributed by atoms with Crippen LogP contribution in [0, 0.1) is 11.8 Å². The number of nitrogens with zero attached hydrogens (tertiary/aromatic N) is 1. The highest BCUT2D eigenvalue weighted by Crippen LogP contribution is 2.38. The SMILES string of the molecule is OC1CCC2CN(Cc3cccs3)CC12. The van der Waals surface area contributed by atoms with Gasteiger partial charge in [-0.2, -0.15) is 0 Å². The fraction of sp³-hybridized carbons (Fsp3) is 0.667. The molecule has 82 valence electrons. The predicted octanol–water partition coefficient (Wildman–Crippen LogP) is 1.95. The number of aliphatic hydroxyl groups is 1. The van der Waals surface area contributed by atoms with Gasteiger partial charge in [-0.15, -0.1) is 11.3 Å². The van der Waals surface area contributed by atoms with Crippen LogP contribution in [0.3, 0.4) is 0 Å². The number of aliphatic hydroxyl groups excluding tert-OH is 1. The van der Waals surface area contributed by atoms with E-state index < -0.39 is 0 Å². The second-order valence-corrected chi connectivity index (χ2v) is 5.87. The van der Waals surface area contributed by atoms with Crippen molar-refractivity contribution >= 4 is 11.3 Å². The lowest BCUT2D eigenvalue weighted by Crippen LogP contribution is -2.24. The maximum Gasteiger partial charge on any atom is 0.0583 e. The highest BCUT2D eigenvalue weighted by Gasteiger charge is 2.41. The molecule has 0 radical (unpaired) electrons. The second-order valence-electron chi connectivity index (χ2n) is 4.84. The van der Waals surface area contributed by atoms with Gasteiger partial charge in [0.05, 0.1) is 6.10 Å². The molecule has 0 aromatic carbocycles. The molecule has 2 aliphatic rings. The monoisotopic (exact) mass is 223 g/mol. The first-order valence-electron chi connectivity index (χ1n) is 5.76. The van der Waals surface area contributed by atoms with E-state index in [1.807, 2.05) is 11.3 Å². The summed E-state index contributed by atoms with van der Waals surface area (Å²) >= 11 is 1.83. The Morgan fingerprint density at radius 3 is 3.07 bits per heavy atom. The smallest absolute Gasteiger partial charge is 0.0583 e. The molecule has 1 aromatic rings. The molecule has 3 unspecified atom stereocenters. The van der Waals surface area contributed by atoms with Crippen LogP contribution in [0.25, 0.3) is 0 Å². The molecular weight excluding hydrogens is 206 g/mol. The zero-order valence-electron chi connectivity index (χ0n) is 8.80. The zero-order chi connectivity index (χ0) is 10.3. The van der Waals surface area contributed by atoms with E-state index in [1.54, 1.807) is 0 Å². The zero-order valence-corrected chi connectivity index (χ0v) is 9.62. The van der Waals surface area contributed by atoms with Gasteiger partial charge in [0.15, 0.2) is 0 Å². The van der Waals surface area contributed by atoms with Crippen molar-refractivity contribution in [3.05, 3.63) is 22.4 Å². The van der Waals surface area contributed by atoms with Crippen LogP contribution in [0.5, 0.6) is 0 Å². The third kappa shape index (κ3) is 1.84. The summed E-state index contributed by atoms with van der Waals surface area (Å²) in [5, 5.41) is 12.0. The molecule has 15 heavy (non-hydrogen) atoms. The highest BCUT2D eigenvalue weighted by molar-refractivity contribution is 7.09. The van der Waals surface area contributed by atoms with Crippen LogP contribution >= 0.6 is 11.3 Å². The van der Waals surface area contributed by atoms with Gasteiger partial charge in [0.25, 0.3) is 0 Å². The first-order chi connectivity index (χ1) is 7.33. The standard InChI is InChI=1S/C12H17NOS/c14-12-4-3-9-6-13(8-11(9)12)7-10-2-1-5-15-10/h1-2,5,9,11-12,14H,3-4,6-8H2. The Hall–Kier alpha value is -0.380. The maximum atomic E-state index is 9.82. The molecule has 3 atom stereocenters. The lowest BCUT2D eigenvalue weighted by atomic mass is 10.00. The molecule has 0 spiro atoms. The summed E-state index contributed by atoms with van der Waals surface area (Å²) < 4.78 is 0. The third-order valence-electron chi connectivity index (χ3n) is 3.85. The van der Waals surface area contributed by atoms with Crippen molar-refractivity contribution < 1.29 is 5.11 Å². The average molecular weight is 223 g/mol. The van der Waals surface area contributed by atoms with Gasteiger partial charge in [-0.1, -0.05) is 6.07 Å².